The molecule has 0 aliphatic carbocycles. The average Bonchev–Trinajstić information content (AvgIpc) is 2.09. The lowest BCUT2D eigenvalue weighted by atomic mass is 9.83. The van der Waals surface area contributed by atoms with E-state index < -0.39 is 0 Å². The molecule has 3 atom stereocenters. The highest BCUT2D eigenvalue weighted by Gasteiger charge is 2.39. The molecular weight excluding hydrogens is 126 g/mol. The lowest BCUT2D eigenvalue weighted by Gasteiger charge is -2.24. The Morgan fingerprint density at radius 3 is 2.40 bits per heavy atom. The van der Waals surface area contributed by atoms with E-state index >= 15 is 0 Å². The summed E-state index contributed by atoms with van der Waals surface area (Å²) in [6.07, 6.45) is 1.82. The maximum absolute atomic E-state index is 5.64. The second-order valence-corrected chi connectivity index (χ2v) is 3.65. The minimum absolute atomic E-state index is 0.222. The molecule has 1 aliphatic heterocycles. The summed E-state index contributed by atoms with van der Waals surface area (Å²) >= 11 is 0. The van der Waals surface area contributed by atoms with Crippen LogP contribution in [0.15, 0.2) is 0 Å². The van der Waals surface area contributed by atoms with Gasteiger partial charge >= 0.3 is 0 Å². The molecule has 0 aromatic carbocycles. The van der Waals surface area contributed by atoms with Gasteiger partial charge in [0, 0.05) is 12.0 Å². The number of hydrogen-bond acceptors (Lipinski definition) is 2. The summed E-state index contributed by atoms with van der Waals surface area (Å²) in [5.74, 6) is 0. The standard InChI is InChI=1S/C8H17NO/c1-6-4-8(3,5-9)7(2)10-6/h6-7H,4-5,9H2,1-3H3/t6-,7+,8+/m1/s1. The highest BCUT2D eigenvalue weighted by Crippen LogP contribution is 2.36. The van der Waals surface area contributed by atoms with E-state index in [1.54, 1.807) is 0 Å². The molecule has 2 heteroatoms. The van der Waals surface area contributed by atoms with E-state index in [4.69, 9.17) is 10.5 Å². The van der Waals surface area contributed by atoms with Crippen LogP contribution >= 0.6 is 0 Å². The molecule has 1 heterocycles. The quantitative estimate of drug-likeness (QED) is 0.597. The Labute approximate surface area is 62.7 Å². The van der Waals surface area contributed by atoms with Crippen LogP contribution < -0.4 is 5.73 Å². The van der Waals surface area contributed by atoms with Gasteiger partial charge in [-0.15, -0.1) is 0 Å². The van der Waals surface area contributed by atoms with E-state index in [1.165, 1.54) is 0 Å². The monoisotopic (exact) mass is 143 g/mol. The van der Waals surface area contributed by atoms with E-state index in [-0.39, 0.29) is 5.41 Å². The minimum atomic E-state index is 0.222. The Bertz CT molecular complexity index is 126. The molecular formula is C8H17NO. The van der Waals surface area contributed by atoms with Crippen LogP contribution in [0.1, 0.15) is 27.2 Å². The van der Waals surface area contributed by atoms with E-state index in [9.17, 15) is 0 Å². The van der Waals surface area contributed by atoms with Gasteiger partial charge in [0.25, 0.3) is 0 Å². The van der Waals surface area contributed by atoms with Crippen molar-refractivity contribution in [2.75, 3.05) is 6.54 Å². The van der Waals surface area contributed by atoms with Crippen LogP contribution in [0.5, 0.6) is 0 Å². The van der Waals surface area contributed by atoms with Gasteiger partial charge in [0.15, 0.2) is 0 Å². The number of rotatable bonds is 1. The predicted molar refractivity (Wildman–Crippen MR) is 41.8 cm³/mol. The van der Waals surface area contributed by atoms with Crippen LogP contribution in [0.3, 0.4) is 0 Å². The maximum atomic E-state index is 5.64. The van der Waals surface area contributed by atoms with E-state index in [0.717, 1.165) is 13.0 Å². The van der Waals surface area contributed by atoms with Crippen molar-refractivity contribution in [2.24, 2.45) is 11.1 Å². The molecule has 0 saturated carbocycles. The second-order valence-electron chi connectivity index (χ2n) is 3.65. The first-order valence-corrected chi connectivity index (χ1v) is 3.94. The van der Waals surface area contributed by atoms with E-state index in [2.05, 4.69) is 20.8 Å². The average molecular weight is 143 g/mol. The van der Waals surface area contributed by atoms with Crippen molar-refractivity contribution in [3.8, 4) is 0 Å². The third-order valence-corrected chi connectivity index (χ3v) is 2.64. The van der Waals surface area contributed by atoms with Crippen LogP contribution in [-0.2, 0) is 4.74 Å². The highest BCUT2D eigenvalue weighted by molar-refractivity contribution is 4.89. The molecule has 0 radical (unpaired) electrons. The Kier molecular flexibility index (Phi) is 2.02. The zero-order chi connectivity index (χ0) is 7.78. The van der Waals surface area contributed by atoms with Gasteiger partial charge in [-0.05, 0) is 20.3 Å². The largest absolute Gasteiger partial charge is 0.375 e. The van der Waals surface area contributed by atoms with Crippen molar-refractivity contribution in [1.29, 1.82) is 0 Å². The third kappa shape index (κ3) is 1.18. The zero-order valence-electron chi connectivity index (χ0n) is 7.05. The zero-order valence-corrected chi connectivity index (χ0v) is 7.05. The SMILES string of the molecule is C[C@@H]1C[C@@](C)(CN)[C@H](C)O1. The summed E-state index contributed by atoms with van der Waals surface area (Å²) in [5.41, 5.74) is 5.86. The van der Waals surface area contributed by atoms with Crippen molar-refractivity contribution in [3.63, 3.8) is 0 Å². The third-order valence-electron chi connectivity index (χ3n) is 2.64. The summed E-state index contributed by atoms with van der Waals surface area (Å²) in [6, 6.07) is 0. The molecule has 1 saturated heterocycles. The lowest BCUT2D eigenvalue weighted by molar-refractivity contribution is 0.0383. The first-order valence-electron chi connectivity index (χ1n) is 3.94. The summed E-state index contributed by atoms with van der Waals surface area (Å²) in [7, 11) is 0. The molecule has 1 aliphatic rings. The van der Waals surface area contributed by atoms with Gasteiger partial charge in [-0.3, -0.25) is 0 Å². The van der Waals surface area contributed by atoms with Gasteiger partial charge in [-0.25, -0.2) is 0 Å². The summed E-state index contributed by atoms with van der Waals surface area (Å²) < 4.78 is 5.59. The molecule has 10 heavy (non-hydrogen) atoms. The molecule has 60 valence electrons. The van der Waals surface area contributed by atoms with Crippen LogP contribution in [0.2, 0.25) is 0 Å². The van der Waals surface area contributed by atoms with Gasteiger partial charge in [0.05, 0.1) is 12.2 Å². The molecule has 2 N–H and O–H groups in total. The topological polar surface area (TPSA) is 35.2 Å². The molecule has 0 aromatic rings. The van der Waals surface area contributed by atoms with Crippen LogP contribution in [0.25, 0.3) is 0 Å². The minimum Gasteiger partial charge on any atom is -0.375 e. The smallest absolute Gasteiger partial charge is 0.0617 e. The Balaban J connectivity index is 2.61. The molecule has 1 fully saturated rings. The van der Waals surface area contributed by atoms with Gasteiger partial charge in [0.2, 0.25) is 0 Å². The number of ether oxygens (including phenoxy) is 1. The van der Waals surface area contributed by atoms with Crippen LogP contribution in [-0.4, -0.2) is 18.8 Å². The molecule has 1 rings (SSSR count). The summed E-state index contributed by atoms with van der Waals surface area (Å²) in [5, 5.41) is 0. The Morgan fingerprint density at radius 2 is 2.20 bits per heavy atom. The second kappa shape index (κ2) is 2.51. The van der Waals surface area contributed by atoms with E-state index in [1.807, 2.05) is 0 Å². The molecule has 0 amide bonds. The molecule has 0 spiro atoms. The fourth-order valence-corrected chi connectivity index (χ4v) is 1.63. The fourth-order valence-electron chi connectivity index (χ4n) is 1.63. The summed E-state index contributed by atoms with van der Waals surface area (Å²) in [4.78, 5) is 0. The lowest BCUT2D eigenvalue weighted by Crippen LogP contribution is -2.33. The van der Waals surface area contributed by atoms with Crippen LogP contribution in [0.4, 0.5) is 0 Å². The number of hydrogen-bond donors (Lipinski definition) is 1. The molecule has 0 unspecified atom stereocenters. The molecule has 2 nitrogen and oxygen atoms in total. The van der Waals surface area contributed by atoms with Crippen molar-refractivity contribution >= 4 is 0 Å². The number of nitrogens with two attached hydrogens (primary N) is 1. The van der Waals surface area contributed by atoms with Gasteiger partial charge in [-0.2, -0.15) is 0 Å². The normalized spacial score (nSPS) is 48.0. The molecule has 0 bridgehead atoms. The van der Waals surface area contributed by atoms with Gasteiger partial charge in [-0.1, -0.05) is 6.92 Å². The van der Waals surface area contributed by atoms with Crippen molar-refractivity contribution in [3.05, 3.63) is 0 Å². The fraction of sp³-hybridized carbons (Fsp3) is 1.00. The Hall–Kier alpha value is -0.0800. The molecule has 0 aromatic heterocycles. The van der Waals surface area contributed by atoms with E-state index in [0.29, 0.717) is 12.2 Å². The summed E-state index contributed by atoms with van der Waals surface area (Å²) in [6.45, 7) is 7.15. The van der Waals surface area contributed by atoms with Gasteiger partial charge < -0.3 is 10.5 Å². The Morgan fingerprint density at radius 1 is 1.60 bits per heavy atom. The first-order chi connectivity index (χ1) is 4.58. The highest BCUT2D eigenvalue weighted by atomic mass is 16.5. The predicted octanol–water partition coefficient (Wildman–Crippen LogP) is 1.15. The van der Waals surface area contributed by atoms with Crippen LogP contribution in [0, 0.1) is 5.41 Å². The van der Waals surface area contributed by atoms with Gasteiger partial charge in [0.1, 0.15) is 0 Å². The van der Waals surface area contributed by atoms with Crippen molar-refractivity contribution < 1.29 is 4.74 Å². The maximum Gasteiger partial charge on any atom is 0.0617 e. The van der Waals surface area contributed by atoms with Crippen molar-refractivity contribution in [2.45, 2.75) is 39.4 Å². The van der Waals surface area contributed by atoms with Crippen molar-refractivity contribution in [1.82, 2.24) is 0 Å². The first kappa shape index (κ1) is 8.02.